The molecule has 0 atom stereocenters. The molecule has 12 aromatic carbocycles. The van der Waals surface area contributed by atoms with Crippen molar-refractivity contribution in [3.05, 3.63) is 314 Å². The Balaban J connectivity index is 0.996. The van der Waals surface area contributed by atoms with Crippen molar-refractivity contribution in [2.45, 2.75) is 0 Å². The molecule has 13 aromatic rings. The summed E-state index contributed by atoms with van der Waals surface area (Å²) < 4.78 is 0. The lowest BCUT2D eigenvalue weighted by atomic mass is 9.97. The van der Waals surface area contributed by atoms with Gasteiger partial charge in [0.05, 0.1) is 75.1 Å². The molecule has 15 rings (SSSR count). The number of hydrogen-bond donors (Lipinski definition) is 0. The van der Waals surface area contributed by atoms with Crippen LogP contribution in [0.15, 0.2) is 297 Å². The van der Waals surface area contributed by atoms with Crippen LogP contribution < -0.4 is 19.6 Å². The van der Waals surface area contributed by atoms with Gasteiger partial charge in [-0.1, -0.05) is 182 Å². The van der Waals surface area contributed by atoms with Gasteiger partial charge in [-0.05, 0) is 149 Å². The Morgan fingerprint density at radius 2 is 0.616 bits per heavy atom. The molecule has 3 heterocycles. The molecule has 0 saturated carbocycles. The summed E-state index contributed by atoms with van der Waals surface area (Å²) in [6.45, 7) is 7.98. The average molecular weight is 1100 g/mol. The van der Waals surface area contributed by atoms with E-state index in [1.165, 1.54) is 0 Å². The Labute approximate surface area is 499 Å². The van der Waals surface area contributed by atoms with Crippen molar-refractivity contribution >= 4 is 73.9 Å². The highest BCUT2D eigenvalue weighted by molar-refractivity contribution is 6.06. The van der Waals surface area contributed by atoms with Gasteiger partial charge in [-0.3, -0.25) is 0 Å². The number of fused-ring (bicyclic) bond motifs is 4. The fourth-order valence-electron chi connectivity index (χ4n) is 12.0. The summed E-state index contributed by atoms with van der Waals surface area (Å²) in [5, 5.41) is 9.83. The topological polar surface area (TPSA) is 79.8 Å². The Morgan fingerprint density at radius 1 is 0.279 bits per heavy atom. The van der Waals surface area contributed by atoms with Crippen LogP contribution in [0.3, 0.4) is 0 Å². The van der Waals surface area contributed by atoms with Crippen molar-refractivity contribution in [3.8, 4) is 73.6 Å². The van der Waals surface area contributed by atoms with Gasteiger partial charge in [0.1, 0.15) is 0 Å². The third-order valence-electron chi connectivity index (χ3n) is 16.0. The SMILES string of the molecule is [C-]#[N+]c1cccc(-c2ccc(-c3nc(-c4ccc(-c5cccc(C#N)c5)cc4)nc(-c4ccc(-c5ccccc5)cc4N4c5ccccc5N(c5ccccc5)c5ccccc54)n3)c(N3c4ccccc4N(c4ccccc4)c4ccccc43)c2)c1. The van der Waals surface area contributed by atoms with Gasteiger partial charge in [0.2, 0.25) is 0 Å². The van der Waals surface area contributed by atoms with Crippen molar-refractivity contribution in [2.24, 2.45) is 0 Å². The highest BCUT2D eigenvalue weighted by atomic mass is 15.3. The Bertz CT molecular complexity index is 4730. The number of aromatic nitrogens is 3. The number of hydrogen-bond acceptors (Lipinski definition) is 8. The van der Waals surface area contributed by atoms with Gasteiger partial charge in [0.25, 0.3) is 0 Å². The second-order valence-corrected chi connectivity index (χ2v) is 21.0. The lowest BCUT2D eigenvalue weighted by Gasteiger charge is -2.41. The molecule has 2 aliphatic rings. The molecule has 0 fully saturated rings. The van der Waals surface area contributed by atoms with E-state index in [0.29, 0.717) is 28.7 Å². The third-order valence-corrected chi connectivity index (χ3v) is 16.0. The molecule has 0 radical (unpaired) electrons. The molecule has 0 spiro atoms. The van der Waals surface area contributed by atoms with E-state index < -0.39 is 0 Å². The number of nitrogens with zero attached hydrogens (tertiary/aromatic N) is 9. The first-order valence-electron chi connectivity index (χ1n) is 28.4. The predicted molar refractivity (Wildman–Crippen MR) is 349 cm³/mol. The molecule has 9 nitrogen and oxygen atoms in total. The smallest absolute Gasteiger partial charge is 0.187 e. The summed E-state index contributed by atoms with van der Waals surface area (Å²) in [5.74, 6) is 1.41. The van der Waals surface area contributed by atoms with Crippen molar-refractivity contribution < 1.29 is 0 Å². The molecular weight excluding hydrogens is 1050 g/mol. The first-order chi connectivity index (χ1) is 42.6. The van der Waals surface area contributed by atoms with Crippen LogP contribution >= 0.6 is 0 Å². The van der Waals surface area contributed by atoms with Crippen LogP contribution in [0.5, 0.6) is 0 Å². The maximum absolute atomic E-state index is 9.83. The van der Waals surface area contributed by atoms with Gasteiger partial charge in [0, 0.05) is 28.1 Å². The van der Waals surface area contributed by atoms with E-state index in [0.717, 1.165) is 118 Å². The molecule has 9 heteroatoms. The van der Waals surface area contributed by atoms with Crippen LogP contribution in [0.25, 0.3) is 72.4 Å². The van der Waals surface area contributed by atoms with E-state index in [2.05, 4.69) is 273 Å². The summed E-state index contributed by atoms with van der Waals surface area (Å²) in [5.41, 5.74) is 21.0. The lowest BCUT2D eigenvalue weighted by molar-refractivity contribution is 1.07. The van der Waals surface area contributed by atoms with Crippen molar-refractivity contribution in [2.75, 3.05) is 19.6 Å². The van der Waals surface area contributed by atoms with Crippen LogP contribution in [0, 0.1) is 17.9 Å². The number of anilines is 12. The van der Waals surface area contributed by atoms with Gasteiger partial charge < -0.3 is 19.6 Å². The Morgan fingerprint density at radius 3 is 1.07 bits per heavy atom. The van der Waals surface area contributed by atoms with Gasteiger partial charge in [-0.25, -0.2) is 19.8 Å². The summed E-state index contributed by atoms with van der Waals surface area (Å²) >= 11 is 0. The number of benzene rings is 12. The summed E-state index contributed by atoms with van der Waals surface area (Å²) in [7, 11) is 0. The van der Waals surface area contributed by atoms with Crippen LogP contribution in [0.2, 0.25) is 0 Å². The maximum atomic E-state index is 9.83. The van der Waals surface area contributed by atoms with Crippen LogP contribution in [-0.2, 0) is 0 Å². The average Bonchev–Trinajstić information content (AvgIpc) is 1.21. The first kappa shape index (κ1) is 50.8. The fraction of sp³-hybridized carbons (Fsp3) is 0. The van der Waals surface area contributed by atoms with E-state index in [4.69, 9.17) is 21.5 Å². The minimum Gasteiger partial charge on any atom is -0.306 e. The molecule has 86 heavy (non-hydrogen) atoms. The largest absolute Gasteiger partial charge is 0.306 e. The zero-order chi connectivity index (χ0) is 57.5. The molecule has 0 aliphatic carbocycles. The van der Waals surface area contributed by atoms with E-state index in [-0.39, 0.29) is 0 Å². The van der Waals surface area contributed by atoms with Gasteiger partial charge in [-0.15, -0.1) is 0 Å². The molecule has 0 saturated heterocycles. The van der Waals surface area contributed by atoms with Gasteiger partial charge in [0.15, 0.2) is 23.2 Å². The predicted octanol–water partition coefficient (Wildman–Crippen LogP) is 20.8. The molecule has 2 aliphatic heterocycles. The zero-order valence-corrected chi connectivity index (χ0v) is 46.3. The summed E-state index contributed by atoms with van der Waals surface area (Å²) in [4.78, 5) is 30.0. The second kappa shape index (κ2) is 21.6. The molecular formula is C77H49N9. The number of rotatable bonds is 10. The highest BCUT2D eigenvalue weighted by Gasteiger charge is 2.35. The van der Waals surface area contributed by atoms with Crippen LogP contribution in [-0.4, -0.2) is 15.0 Å². The van der Waals surface area contributed by atoms with Crippen molar-refractivity contribution in [1.29, 1.82) is 5.26 Å². The molecule has 0 bridgehead atoms. The molecule has 402 valence electrons. The number of para-hydroxylation sites is 10. The Kier molecular flexibility index (Phi) is 12.8. The van der Waals surface area contributed by atoms with Crippen molar-refractivity contribution in [3.63, 3.8) is 0 Å². The fourth-order valence-corrected chi connectivity index (χ4v) is 12.0. The minimum atomic E-state index is 0.459. The normalized spacial score (nSPS) is 12.1. The van der Waals surface area contributed by atoms with E-state index in [1.807, 2.05) is 54.6 Å². The molecule has 0 amide bonds. The van der Waals surface area contributed by atoms with E-state index >= 15 is 0 Å². The third kappa shape index (κ3) is 9.02. The van der Waals surface area contributed by atoms with Crippen LogP contribution in [0.4, 0.5) is 73.9 Å². The van der Waals surface area contributed by atoms with Gasteiger partial charge >= 0.3 is 0 Å². The van der Waals surface area contributed by atoms with E-state index in [1.54, 1.807) is 0 Å². The van der Waals surface area contributed by atoms with Gasteiger partial charge in [-0.2, -0.15) is 5.26 Å². The quantitative estimate of drug-likeness (QED) is 0.125. The lowest BCUT2D eigenvalue weighted by Crippen LogP contribution is -2.24. The van der Waals surface area contributed by atoms with Crippen LogP contribution in [0.1, 0.15) is 5.56 Å². The monoisotopic (exact) mass is 1100 g/mol. The number of nitriles is 1. The standard InChI is InChI=1S/C77H49N9/c1-79-60-26-20-25-57(48-60)59-44-46-64(74(50-59)86-71-37-17-13-33-67(71)84(62-29-9-4-10-30-62)68-34-14-18-38-72(68)86)77-81-75(55-41-39-54(40-42-55)56-24-19-21-52(47-56)51-78)80-76(82-77)63-45-43-58(53-22-5-2-6-23-53)49-73(63)85-69-35-15-11-31-65(69)83(61-27-7-3-8-28-61)66-32-12-16-36-70(66)85/h2-50H. The molecule has 0 N–H and O–H groups in total. The van der Waals surface area contributed by atoms with Crippen molar-refractivity contribution in [1.82, 2.24) is 15.0 Å². The van der Waals surface area contributed by atoms with E-state index in [9.17, 15) is 5.26 Å². The summed E-state index contributed by atoms with van der Waals surface area (Å²) in [6, 6.07) is 105. The maximum Gasteiger partial charge on any atom is 0.187 e. The zero-order valence-electron chi connectivity index (χ0n) is 46.3. The molecule has 1 aromatic heterocycles. The minimum absolute atomic E-state index is 0.459. The highest BCUT2D eigenvalue weighted by Crippen LogP contribution is 2.58. The second-order valence-electron chi connectivity index (χ2n) is 21.0. The summed E-state index contributed by atoms with van der Waals surface area (Å²) in [6.07, 6.45) is 0. The Hall–Kier alpha value is -12.2. The first-order valence-corrected chi connectivity index (χ1v) is 28.4. The molecule has 0 unspecified atom stereocenters.